The SMILES string of the molecule is C[C@]12CCNC(=O)OC1CC[C@@H]1[C@@H]2CC[C@]2(C)C(c3cnccn3)=CC[C@@H]12. The van der Waals surface area contributed by atoms with E-state index >= 15 is 0 Å². The number of hydrogen-bond acceptors (Lipinski definition) is 4. The molecule has 27 heavy (non-hydrogen) atoms. The monoisotopic (exact) mass is 367 g/mol. The Morgan fingerprint density at radius 3 is 2.85 bits per heavy atom. The summed E-state index contributed by atoms with van der Waals surface area (Å²) in [6.45, 7) is 5.56. The molecule has 2 heterocycles. The molecular formula is C22H29N3O2. The van der Waals surface area contributed by atoms with Crippen molar-refractivity contribution in [2.75, 3.05) is 6.54 Å². The van der Waals surface area contributed by atoms with E-state index in [4.69, 9.17) is 4.74 Å². The molecule has 1 unspecified atom stereocenters. The number of alkyl carbamates (subject to hydrolysis) is 1. The van der Waals surface area contributed by atoms with Crippen molar-refractivity contribution < 1.29 is 9.53 Å². The fraction of sp³-hybridized carbons (Fsp3) is 0.682. The minimum atomic E-state index is -0.227. The topological polar surface area (TPSA) is 64.1 Å². The van der Waals surface area contributed by atoms with E-state index in [9.17, 15) is 4.79 Å². The third kappa shape index (κ3) is 2.46. The summed E-state index contributed by atoms with van der Waals surface area (Å²) in [4.78, 5) is 20.8. The van der Waals surface area contributed by atoms with Crippen LogP contribution in [-0.4, -0.2) is 28.7 Å². The van der Waals surface area contributed by atoms with E-state index in [-0.39, 0.29) is 23.0 Å². The Morgan fingerprint density at radius 1 is 1.15 bits per heavy atom. The predicted molar refractivity (Wildman–Crippen MR) is 103 cm³/mol. The number of nitrogens with one attached hydrogen (secondary N) is 1. The second-order valence-corrected chi connectivity index (χ2v) is 9.43. The molecule has 0 aromatic carbocycles. The first-order valence-corrected chi connectivity index (χ1v) is 10.4. The van der Waals surface area contributed by atoms with Gasteiger partial charge in [-0.05, 0) is 67.3 Å². The molecule has 3 fully saturated rings. The van der Waals surface area contributed by atoms with Crippen molar-refractivity contribution in [3.05, 3.63) is 30.4 Å². The lowest BCUT2D eigenvalue weighted by Crippen LogP contribution is -2.54. The molecule has 1 N–H and O–H groups in total. The van der Waals surface area contributed by atoms with E-state index in [0.29, 0.717) is 17.8 Å². The van der Waals surface area contributed by atoms with E-state index in [1.165, 1.54) is 24.8 Å². The normalized spacial score (nSPS) is 43.3. The third-order valence-electron chi connectivity index (χ3n) is 8.38. The number of hydrogen-bond donors (Lipinski definition) is 1. The maximum absolute atomic E-state index is 11.9. The van der Waals surface area contributed by atoms with Crippen molar-refractivity contribution in [2.45, 2.75) is 58.5 Å². The molecule has 0 spiro atoms. The zero-order chi connectivity index (χ0) is 18.6. The van der Waals surface area contributed by atoms with Crippen molar-refractivity contribution in [2.24, 2.45) is 28.6 Å². The summed E-state index contributed by atoms with van der Waals surface area (Å²) >= 11 is 0. The number of nitrogens with zero attached hydrogens (tertiary/aromatic N) is 2. The zero-order valence-corrected chi connectivity index (χ0v) is 16.3. The second kappa shape index (κ2) is 6.05. The van der Waals surface area contributed by atoms with Crippen LogP contribution < -0.4 is 5.32 Å². The molecule has 1 amide bonds. The van der Waals surface area contributed by atoms with Crippen LogP contribution in [0.2, 0.25) is 0 Å². The van der Waals surface area contributed by atoms with Crippen molar-refractivity contribution in [3.63, 3.8) is 0 Å². The van der Waals surface area contributed by atoms with Crippen LogP contribution in [0, 0.1) is 28.6 Å². The van der Waals surface area contributed by atoms with Crippen LogP contribution in [0.4, 0.5) is 4.79 Å². The van der Waals surface area contributed by atoms with Gasteiger partial charge in [0.05, 0.1) is 11.9 Å². The number of ether oxygens (including phenoxy) is 1. The molecule has 5 heteroatoms. The summed E-state index contributed by atoms with van der Waals surface area (Å²) in [5.41, 5.74) is 2.74. The van der Waals surface area contributed by atoms with Gasteiger partial charge in [0, 0.05) is 24.4 Å². The third-order valence-corrected chi connectivity index (χ3v) is 8.38. The fourth-order valence-electron chi connectivity index (χ4n) is 6.97. The van der Waals surface area contributed by atoms with E-state index in [2.05, 4.69) is 35.2 Å². The first kappa shape index (κ1) is 17.2. The van der Waals surface area contributed by atoms with Gasteiger partial charge in [-0.2, -0.15) is 0 Å². The molecule has 5 nitrogen and oxygen atoms in total. The molecule has 4 aliphatic rings. The van der Waals surface area contributed by atoms with E-state index in [0.717, 1.165) is 31.5 Å². The van der Waals surface area contributed by atoms with Crippen LogP contribution in [0.3, 0.4) is 0 Å². The standard InChI is InChI=1S/C22H29N3O2/c1-21-8-7-16-14(3-6-19-22(16,2)9-10-25-20(26)27-19)15(21)4-5-17(21)18-13-23-11-12-24-18/h5,11-16,19H,3-4,6-10H2,1-2H3,(H,25,26)/t14-,15-,16-,19?,21-,22+/m0/s1. The van der Waals surface area contributed by atoms with Crippen LogP contribution in [0.15, 0.2) is 24.7 Å². The van der Waals surface area contributed by atoms with Crippen LogP contribution >= 0.6 is 0 Å². The van der Waals surface area contributed by atoms with E-state index in [1.807, 2.05) is 6.20 Å². The highest BCUT2D eigenvalue weighted by molar-refractivity contribution is 5.70. The average Bonchev–Trinajstić information content (AvgIpc) is 2.93. The largest absolute Gasteiger partial charge is 0.446 e. The Bertz CT molecular complexity index is 779. The zero-order valence-electron chi connectivity index (χ0n) is 16.3. The first-order chi connectivity index (χ1) is 13.0. The predicted octanol–water partition coefficient (Wildman–Crippen LogP) is 4.21. The molecule has 6 atom stereocenters. The van der Waals surface area contributed by atoms with Crippen LogP contribution in [-0.2, 0) is 4.74 Å². The minimum absolute atomic E-state index is 0.0689. The van der Waals surface area contributed by atoms with E-state index < -0.39 is 0 Å². The molecule has 0 bridgehead atoms. The van der Waals surface area contributed by atoms with Gasteiger partial charge in [0.25, 0.3) is 0 Å². The van der Waals surface area contributed by atoms with Crippen molar-refractivity contribution in [3.8, 4) is 0 Å². The number of aromatic nitrogens is 2. The Labute approximate surface area is 161 Å². The highest BCUT2D eigenvalue weighted by atomic mass is 16.6. The quantitative estimate of drug-likeness (QED) is 0.807. The Balaban J connectivity index is 1.45. The van der Waals surface area contributed by atoms with Gasteiger partial charge in [-0.15, -0.1) is 0 Å². The number of allylic oxidation sites excluding steroid dienone is 2. The Kier molecular flexibility index (Phi) is 3.85. The molecular weight excluding hydrogens is 338 g/mol. The summed E-state index contributed by atoms with van der Waals surface area (Å²) in [5.74, 6) is 2.00. The highest BCUT2D eigenvalue weighted by Crippen LogP contribution is 2.65. The lowest BCUT2D eigenvalue weighted by Gasteiger charge is -2.57. The average molecular weight is 367 g/mol. The molecule has 0 radical (unpaired) electrons. The van der Waals surface area contributed by atoms with Gasteiger partial charge in [0.15, 0.2) is 0 Å². The van der Waals surface area contributed by atoms with Crippen molar-refractivity contribution in [1.29, 1.82) is 0 Å². The summed E-state index contributed by atoms with van der Waals surface area (Å²) in [7, 11) is 0. The van der Waals surface area contributed by atoms with Crippen molar-refractivity contribution in [1.82, 2.24) is 15.3 Å². The Hall–Kier alpha value is -1.91. The molecule has 5 rings (SSSR count). The summed E-state index contributed by atoms with van der Waals surface area (Å²) in [6, 6.07) is 0. The van der Waals surface area contributed by atoms with Crippen LogP contribution in [0.1, 0.15) is 58.1 Å². The lowest BCUT2D eigenvalue weighted by molar-refractivity contribution is -0.113. The van der Waals surface area contributed by atoms with Gasteiger partial charge in [0.1, 0.15) is 6.10 Å². The summed E-state index contributed by atoms with van der Waals surface area (Å²) in [5, 5.41) is 2.92. The van der Waals surface area contributed by atoms with Gasteiger partial charge in [-0.3, -0.25) is 9.97 Å². The lowest BCUT2D eigenvalue weighted by atomic mass is 9.48. The van der Waals surface area contributed by atoms with Gasteiger partial charge >= 0.3 is 6.09 Å². The van der Waals surface area contributed by atoms with Crippen LogP contribution in [0.5, 0.6) is 0 Å². The fourth-order valence-corrected chi connectivity index (χ4v) is 6.97. The molecule has 2 saturated carbocycles. The maximum Gasteiger partial charge on any atom is 0.407 e. The minimum Gasteiger partial charge on any atom is -0.446 e. The van der Waals surface area contributed by atoms with Crippen LogP contribution in [0.25, 0.3) is 5.57 Å². The smallest absolute Gasteiger partial charge is 0.407 e. The number of carbonyl (C=O) groups is 1. The van der Waals surface area contributed by atoms with Gasteiger partial charge in [-0.1, -0.05) is 19.9 Å². The number of rotatable bonds is 1. The maximum atomic E-state index is 11.9. The van der Waals surface area contributed by atoms with Crippen molar-refractivity contribution >= 4 is 11.7 Å². The second-order valence-electron chi connectivity index (χ2n) is 9.43. The molecule has 1 aliphatic heterocycles. The molecule has 1 aromatic rings. The molecule has 3 aliphatic carbocycles. The number of fused-ring (bicyclic) bond motifs is 5. The summed E-state index contributed by atoms with van der Waals surface area (Å²) < 4.78 is 5.81. The molecule has 1 saturated heterocycles. The first-order valence-electron chi connectivity index (χ1n) is 10.4. The molecule has 144 valence electrons. The number of carbonyl (C=O) groups excluding carboxylic acids is 1. The van der Waals surface area contributed by atoms with Gasteiger partial charge in [0.2, 0.25) is 0 Å². The Morgan fingerprint density at radius 2 is 2.04 bits per heavy atom. The summed E-state index contributed by atoms with van der Waals surface area (Å²) in [6.07, 6.45) is 14.5. The highest BCUT2D eigenvalue weighted by Gasteiger charge is 2.59. The van der Waals surface area contributed by atoms with E-state index in [1.54, 1.807) is 12.4 Å². The van der Waals surface area contributed by atoms with Gasteiger partial charge in [-0.25, -0.2) is 4.79 Å². The molecule has 1 aromatic heterocycles. The number of amides is 1. The van der Waals surface area contributed by atoms with Gasteiger partial charge < -0.3 is 10.1 Å².